The molecule has 0 aliphatic heterocycles. The Balaban J connectivity index is 1.98. The van der Waals surface area contributed by atoms with Gasteiger partial charge in [0, 0.05) is 6.21 Å². The lowest BCUT2D eigenvalue weighted by Gasteiger charge is -1.90. The van der Waals surface area contributed by atoms with E-state index in [1.807, 2.05) is 0 Å². The van der Waals surface area contributed by atoms with Gasteiger partial charge in [-0.1, -0.05) is 5.16 Å². The smallest absolute Gasteiger partial charge is 0.344 e. The maximum atomic E-state index is 9.86. The molecule has 4 heteroatoms. The van der Waals surface area contributed by atoms with Gasteiger partial charge in [-0.25, -0.2) is 4.79 Å². The Kier molecular flexibility index (Phi) is 2.25. The normalized spacial score (nSPS) is 17.6. The molecule has 0 heterocycles. The van der Waals surface area contributed by atoms with Crippen LogP contribution in [0.3, 0.4) is 0 Å². The average Bonchev–Trinajstić information content (AvgIpc) is 2.62. The van der Waals surface area contributed by atoms with Crippen molar-refractivity contribution in [2.75, 3.05) is 6.61 Å². The summed E-state index contributed by atoms with van der Waals surface area (Å²) in [6.07, 6.45) is 3.96. The SMILES string of the molecule is O=C(O)CON=CC1CC1. The summed E-state index contributed by atoms with van der Waals surface area (Å²) in [5, 5.41) is 11.6. The van der Waals surface area contributed by atoms with E-state index >= 15 is 0 Å². The molecule has 1 saturated carbocycles. The third-order valence-electron chi connectivity index (χ3n) is 1.16. The van der Waals surface area contributed by atoms with Crippen molar-refractivity contribution in [1.82, 2.24) is 0 Å². The second-order valence-electron chi connectivity index (χ2n) is 2.26. The topological polar surface area (TPSA) is 58.9 Å². The number of rotatable bonds is 4. The number of hydrogen-bond donors (Lipinski definition) is 1. The van der Waals surface area contributed by atoms with Crippen molar-refractivity contribution in [2.45, 2.75) is 12.8 Å². The van der Waals surface area contributed by atoms with Crippen molar-refractivity contribution in [3.8, 4) is 0 Å². The van der Waals surface area contributed by atoms with Gasteiger partial charge in [0.05, 0.1) is 0 Å². The Morgan fingerprint density at radius 2 is 2.50 bits per heavy atom. The molecule has 10 heavy (non-hydrogen) atoms. The van der Waals surface area contributed by atoms with E-state index in [2.05, 4.69) is 9.99 Å². The molecule has 4 nitrogen and oxygen atoms in total. The number of aliphatic carboxylic acids is 1. The average molecular weight is 143 g/mol. The van der Waals surface area contributed by atoms with Crippen LogP contribution in [0.15, 0.2) is 5.16 Å². The zero-order valence-corrected chi connectivity index (χ0v) is 5.49. The highest BCUT2D eigenvalue weighted by Crippen LogP contribution is 2.26. The van der Waals surface area contributed by atoms with E-state index < -0.39 is 5.97 Å². The number of nitrogens with zero attached hydrogens (tertiary/aromatic N) is 1. The Bertz CT molecular complexity index is 151. The zero-order chi connectivity index (χ0) is 7.40. The molecule has 0 spiro atoms. The Hall–Kier alpha value is -1.06. The highest BCUT2D eigenvalue weighted by molar-refractivity contribution is 5.68. The summed E-state index contributed by atoms with van der Waals surface area (Å²) in [6.45, 7) is -0.344. The van der Waals surface area contributed by atoms with Crippen molar-refractivity contribution in [2.24, 2.45) is 11.1 Å². The highest BCUT2D eigenvalue weighted by Gasteiger charge is 2.18. The van der Waals surface area contributed by atoms with Crippen molar-refractivity contribution < 1.29 is 14.7 Å². The molecule has 1 N–H and O–H groups in total. The minimum absolute atomic E-state index is 0.344. The number of carboxylic acid groups (broad SMARTS) is 1. The molecule has 1 fully saturated rings. The molecule has 0 atom stereocenters. The number of carboxylic acids is 1. The van der Waals surface area contributed by atoms with Crippen molar-refractivity contribution in [1.29, 1.82) is 0 Å². The van der Waals surface area contributed by atoms with Crippen LogP contribution in [0.1, 0.15) is 12.8 Å². The van der Waals surface area contributed by atoms with Gasteiger partial charge >= 0.3 is 5.97 Å². The summed E-state index contributed by atoms with van der Waals surface area (Å²) in [5.74, 6) is -0.457. The molecular formula is C6H9NO3. The second kappa shape index (κ2) is 3.20. The summed E-state index contributed by atoms with van der Waals surface area (Å²) < 4.78 is 0. The molecule has 1 rings (SSSR count). The Morgan fingerprint density at radius 3 is 3.00 bits per heavy atom. The molecule has 0 saturated heterocycles. The van der Waals surface area contributed by atoms with Crippen LogP contribution in [0.2, 0.25) is 0 Å². The predicted molar refractivity (Wildman–Crippen MR) is 34.8 cm³/mol. The first kappa shape index (κ1) is 7.05. The van der Waals surface area contributed by atoms with Gasteiger partial charge in [-0.05, 0) is 18.8 Å². The molecular weight excluding hydrogens is 134 g/mol. The second-order valence-corrected chi connectivity index (χ2v) is 2.26. The van der Waals surface area contributed by atoms with E-state index in [0.717, 1.165) is 12.8 Å². The molecule has 1 aliphatic carbocycles. The lowest BCUT2D eigenvalue weighted by atomic mass is 10.5. The van der Waals surface area contributed by atoms with E-state index in [4.69, 9.17) is 5.11 Å². The summed E-state index contributed by atoms with van der Waals surface area (Å²) in [4.78, 5) is 14.3. The molecule has 56 valence electrons. The molecule has 1 aliphatic rings. The number of hydrogen-bond acceptors (Lipinski definition) is 3. The molecule has 0 bridgehead atoms. The summed E-state index contributed by atoms with van der Waals surface area (Å²) in [5.41, 5.74) is 0. The maximum Gasteiger partial charge on any atom is 0.344 e. The number of carbonyl (C=O) groups is 1. The van der Waals surface area contributed by atoms with Crippen LogP contribution in [0.5, 0.6) is 0 Å². The lowest BCUT2D eigenvalue weighted by molar-refractivity contribution is -0.142. The van der Waals surface area contributed by atoms with Gasteiger partial charge < -0.3 is 9.94 Å². The van der Waals surface area contributed by atoms with Crippen molar-refractivity contribution in [3.05, 3.63) is 0 Å². The first-order valence-electron chi connectivity index (χ1n) is 3.16. The maximum absolute atomic E-state index is 9.86. The summed E-state index contributed by atoms with van der Waals surface area (Å²) >= 11 is 0. The minimum Gasteiger partial charge on any atom is -0.479 e. The van der Waals surface area contributed by atoms with Crippen LogP contribution in [0.4, 0.5) is 0 Å². The standard InChI is InChI=1S/C6H9NO3/c8-6(9)4-10-7-3-5-1-2-5/h3,5H,1-2,4H2,(H,8,9). The van der Waals surface area contributed by atoms with E-state index in [1.165, 1.54) is 0 Å². The van der Waals surface area contributed by atoms with E-state index in [-0.39, 0.29) is 6.61 Å². The van der Waals surface area contributed by atoms with Crippen LogP contribution in [-0.2, 0) is 9.63 Å². The fraction of sp³-hybridized carbons (Fsp3) is 0.667. The fourth-order valence-electron chi connectivity index (χ4n) is 0.467. The molecule has 0 aromatic carbocycles. The number of oxime groups is 1. The Labute approximate surface area is 58.5 Å². The van der Waals surface area contributed by atoms with Crippen LogP contribution >= 0.6 is 0 Å². The van der Waals surface area contributed by atoms with E-state index in [1.54, 1.807) is 6.21 Å². The van der Waals surface area contributed by atoms with E-state index in [0.29, 0.717) is 5.92 Å². The first-order chi connectivity index (χ1) is 4.79. The van der Waals surface area contributed by atoms with Gasteiger partial charge in [0.15, 0.2) is 0 Å². The Morgan fingerprint density at radius 1 is 1.80 bits per heavy atom. The van der Waals surface area contributed by atoms with Crippen molar-refractivity contribution >= 4 is 12.2 Å². The van der Waals surface area contributed by atoms with Gasteiger partial charge in [0.25, 0.3) is 0 Å². The van der Waals surface area contributed by atoms with Gasteiger partial charge in [0.2, 0.25) is 6.61 Å². The molecule has 0 unspecified atom stereocenters. The molecule has 0 amide bonds. The van der Waals surface area contributed by atoms with Gasteiger partial charge in [-0.3, -0.25) is 0 Å². The third-order valence-corrected chi connectivity index (χ3v) is 1.16. The molecule has 0 radical (unpaired) electrons. The van der Waals surface area contributed by atoms with Gasteiger partial charge in [-0.15, -0.1) is 0 Å². The van der Waals surface area contributed by atoms with Gasteiger partial charge in [0.1, 0.15) is 0 Å². The highest BCUT2D eigenvalue weighted by atomic mass is 16.6. The molecule has 0 aromatic heterocycles. The van der Waals surface area contributed by atoms with Crippen molar-refractivity contribution in [3.63, 3.8) is 0 Å². The lowest BCUT2D eigenvalue weighted by Crippen LogP contribution is -2.03. The minimum atomic E-state index is -0.993. The van der Waals surface area contributed by atoms with Crippen LogP contribution in [0, 0.1) is 5.92 Å². The van der Waals surface area contributed by atoms with E-state index in [9.17, 15) is 4.79 Å². The van der Waals surface area contributed by atoms with Crippen LogP contribution in [0.25, 0.3) is 0 Å². The zero-order valence-electron chi connectivity index (χ0n) is 5.49. The molecule has 0 aromatic rings. The first-order valence-corrected chi connectivity index (χ1v) is 3.16. The predicted octanol–water partition coefficient (Wildman–Crippen LogP) is 0.483. The van der Waals surface area contributed by atoms with Gasteiger partial charge in [-0.2, -0.15) is 0 Å². The fourth-order valence-corrected chi connectivity index (χ4v) is 0.467. The summed E-state index contributed by atoms with van der Waals surface area (Å²) in [6, 6.07) is 0. The van der Waals surface area contributed by atoms with Crippen LogP contribution in [-0.4, -0.2) is 23.9 Å². The summed E-state index contributed by atoms with van der Waals surface area (Å²) in [7, 11) is 0. The monoisotopic (exact) mass is 143 g/mol. The largest absolute Gasteiger partial charge is 0.479 e. The third kappa shape index (κ3) is 3.06. The van der Waals surface area contributed by atoms with Crippen LogP contribution < -0.4 is 0 Å². The quantitative estimate of drug-likeness (QED) is 0.460.